The van der Waals surface area contributed by atoms with Crippen LogP contribution in [0.15, 0.2) is 36.5 Å². The molecule has 0 spiro atoms. The Hall–Kier alpha value is -2.63. The number of carbonyl (C=O) groups is 2. The summed E-state index contributed by atoms with van der Waals surface area (Å²) < 4.78 is 1.84. The van der Waals surface area contributed by atoms with Gasteiger partial charge in [-0.1, -0.05) is 12.1 Å². The number of fused-ring (bicyclic) bond motifs is 1. The molecule has 23 heavy (non-hydrogen) atoms. The van der Waals surface area contributed by atoms with E-state index < -0.39 is 0 Å². The Balaban J connectivity index is 1.74. The zero-order valence-electron chi connectivity index (χ0n) is 13.3. The second kappa shape index (κ2) is 6.24. The van der Waals surface area contributed by atoms with E-state index in [2.05, 4.69) is 10.4 Å². The maximum Gasteiger partial charge on any atom is 0.251 e. The summed E-state index contributed by atoms with van der Waals surface area (Å²) in [5.74, 6) is 0.834. The van der Waals surface area contributed by atoms with E-state index in [-0.39, 0.29) is 17.9 Å². The Morgan fingerprint density at radius 1 is 1.26 bits per heavy atom. The maximum absolute atomic E-state index is 12.2. The Labute approximate surface area is 135 Å². The highest BCUT2D eigenvalue weighted by Gasteiger charge is 2.24. The van der Waals surface area contributed by atoms with E-state index in [0.29, 0.717) is 25.1 Å². The predicted octanol–water partition coefficient (Wildman–Crippen LogP) is 1.96. The summed E-state index contributed by atoms with van der Waals surface area (Å²) in [5, 5.41) is 7.08. The molecule has 0 saturated carbocycles. The number of rotatable bonds is 4. The number of hydrogen-bond donors (Lipinski definition) is 1. The average molecular weight is 312 g/mol. The van der Waals surface area contributed by atoms with E-state index in [0.717, 1.165) is 11.4 Å². The van der Waals surface area contributed by atoms with Gasteiger partial charge in [0.1, 0.15) is 5.82 Å². The standard InChI is InChI=1S/C17H20N4O2/c1-12(2)19-17(23)14-5-3-13(4-6-14)11-20-15-7-9-18-21(15)10-8-16(20)22/h3-7,9,12H,8,10-11H2,1-2H3,(H,19,23). The lowest BCUT2D eigenvalue weighted by Gasteiger charge is -2.27. The quantitative estimate of drug-likeness (QED) is 0.938. The van der Waals surface area contributed by atoms with Crippen LogP contribution in [0.2, 0.25) is 0 Å². The first kappa shape index (κ1) is 15.3. The zero-order chi connectivity index (χ0) is 16.4. The molecule has 0 unspecified atom stereocenters. The van der Waals surface area contributed by atoms with Crippen molar-refractivity contribution in [2.24, 2.45) is 0 Å². The number of aryl methyl sites for hydroxylation is 1. The van der Waals surface area contributed by atoms with Crippen LogP contribution in [0.25, 0.3) is 0 Å². The molecule has 0 atom stereocenters. The van der Waals surface area contributed by atoms with Gasteiger partial charge in [-0.15, -0.1) is 0 Å². The van der Waals surface area contributed by atoms with Crippen LogP contribution >= 0.6 is 0 Å². The highest BCUT2D eigenvalue weighted by Crippen LogP contribution is 2.22. The van der Waals surface area contributed by atoms with Crippen LogP contribution in [0.5, 0.6) is 0 Å². The smallest absolute Gasteiger partial charge is 0.251 e. The second-order valence-corrected chi connectivity index (χ2v) is 5.97. The van der Waals surface area contributed by atoms with Crippen molar-refractivity contribution < 1.29 is 9.59 Å². The van der Waals surface area contributed by atoms with E-state index in [1.807, 2.05) is 36.7 Å². The molecule has 0 saturated heterocycles. The van der Waals surface area contributed by atoms with E-state index in [4.69, 9.17) is 0 Å². The van der Waals surface area contributed by atoms with E-state index in [1.165, 1.54) is 0 Å². The summed E-state index contributed by atoms with van der Waals surface area (Å²) in [6, 6.07) is 9.31. The molecular formula is C17H20N4O2. The summed E-state index contributed by atoms with van der Waals surface area (Å²) in [6.07, 6.45) is 2.17. The van der Waals surface area contributed by atoms with Gasteiger partial charge in [0.15, 0.2) is 0 Å². The third-order valence-corrected chi connectivity index (χ3v) is 3.79. The van der Waals surface area contributed by atoms with Gasteiger partial charge in [-0.2, -0.15) is 5.10 Å². The molecule has 3 rings (SSSR count). The summed E-state index contributed by atoms with van der Waals surface area (Å²) in [4.78, 5) is 25.9. The van der Waals surface area contributed by atoms with Gasteiger partial charge in [-0.3, -0.25) is 14.5 Å². The van der Waals surface area contributed by atoms with Gasteiger partial charge in [0, 0.05) is 24.1 Å². The minimum atomic E-state index is -0.0846. The molecule has 6 nitrogen and oxygen atoms in total. The molecule has 1 N–H and O–H groups in total. The molecule has 0 aliphatic carbocycles. The van der Waals surface area contributed by atoms with Crippen LogP contribution in [-0.4, -0.2) is 27.6 Å². The van der Waals surface area contributed by atoms with Crippen LogP contribution in [0.1, 0.15) is 36.2 Å². The third kappa shape index (κ3) is 3.26. The van der Waals surface area contributed by atoms with Crippen molar-refractivity contribution in [3.05, 3.63) is 47.7 Å². The number of hydrogen-bond acceptors (Lipinski definition) is 3. The molecule has 0 radical (unpaired) electrons. The van der Waals surface area contributed by atoms with Crippen molar-refractivity contribution in [2.45, 2.75) is 39.4 Å². The van der Waals surface area contributed by atoms with E-state index >= 15 is 0 Å². The topological polar surface area (TPSA) is 67.2 Å². The molecule has 2 heterocycles. The van der Waals surface area contributed by atoms with E-state index in [9.17, 15) is 9.59 Å². The maximum atomic E-state index is 12.2. The van der Waals surface area contributed by atoms with Crippen molar-refractivity contribution in [1.29, 1.82) is 0 Å². The van der Waals surface area contributed by atoms with Gasteiger partial charge in [0.2, 0.25) is 5.91 Å². The molecule has 6 heteroatoms. The van der Waals surface area contributed by atoms with Gasteiger partial charge in [0.05, 0.1) is 19.3 Å². The summed E-state index contributed by atoms with van der Waals surface area (Å²) in [6.45, 7) is 4.97. The second-order valence-electron chi connectivity index (χ2n) is 5.97. The van der Waals surface area contributed by atoms with Crippen LogP contribution < -0.4 is 10.2 Å². The largest absolute Gasteiger partial charge is 0.350 e. The first-order valence-electron chi connectivity index (χ1n) is 7.76. The van der Waals surface area contributed by atoms with Crippen molar-refractivity contribution in [3.8, 4) is 0 Å². The molecule has 2 aromatic rings. The molecule has 2 amide bonds. The van der Waals surface area contributed by atoms with Gasteiger partial charge in [-0.25, -0.2) is 4.68 Å². The summed E-state index contributed by atoms with van der Waals surface area (Å²) >= 11 is 0. The number of nitrogens with zero attached hydrogens (tertiary/aromatic N) is 3. The fourth-order valence-corrected chi connectivity index (χ4v) is 2.65. The van der Waals surface area contributed by atoms with Crippen molar-refractivity contribution >= 4 is 17.6 Å². The Morgan fingerprint density at radius 2 is 2.00 bits per heavy atom. The number of aromatic nitrogens is 2. The lowest BCUT2D eigenvalue weighted by molar-refractivity contribution is -0.119. The van der Waals surface area contributed by atoms with Crippen molar-refractivity contribution in [1.82, 2.24) is 15.1 Å². The minimum absolute atomic E-state index is 0.0846. The molecular weight excluding hydrogens is 292 g/mol. The van der Waals surface area contributed by atoms with Gasteiger partial charge < -0.3 is 5.32 Å². The molecule has 1 aromatic carbocycles. The SMILES string of the molecule is CC(C)NC(=O)c1ccc(CN2C(=O)CCn3nccc32)cc1. The Kier molecular flexibility index (Phi) is 4.14. The first-order valence-corrected chi connectivity index (χ1v) is 7.76. The Bertz CT molecular complexity index is 718. The Morgan fingerprint density at radius 3 is 2.70 bits per heavy atom. The molecule has 1 aromatic heterocycles. The van der Waals surface area contributed by atoms with Crippen molar-refractivity contribution in [3.63, 3.8) is 0 Å². The highest BCUT2D eigenvalue weighted by atomic mass is 16.2. The molecule has 120 valence electrons. The van der Waals surface area contributed by atoms with Crippen LogP contribution in [0.3, 0.4) is 0 Å². The monoisotopic (exact) mass is 312 g/mol. The number of carbonyl (C=O) groups excluding carboxylic acids is 2. The zero-order valence-corrected chi connectivity index (χ0v) is 13.3. The third-order valence-electron chi connectivity index (χ3n) is 3.79. The number of benzene rings is 1. The molecule has 0 bridgehead atoms. The summed E-state index contributed by atoms with van der Waals surface area (Å²) in [5.41, 5.74) is 1.60. The fraction of sp³-hybridized carbons (Fsp3) is 0.353. The lowest BCUT2D eigenvalue weighted by Crippen LogP contribution is -2.37. The van der Waals surface area contributed by atoms with Gasteiger partial charge in [0.25, 0.3) is 5.91 Å². The van der Waals surface area contributed by atoms with Crippen LogP contribution in [0, 0.1) is 0 Å². The minimum Gasteiger partial charge on any atom is -0.350 e. The molecule has 1 aliphatic heterocycles. The highest BCUT2D eigenvalue weighted by molar-refractivity contribution is 5.95. The molecule has 0 fully saturated rings. The first-order chi connectivity index (χ1) is 11.0. The average Bonchev–Trinajstić information content (AvgIpc) is 2.99. The predicted molar refractivity (Wildman–Crippen MR) is 87.1 cm³/mol. The normalized spacial score (nSPS) is 14.0. The number of amides is 2. The van der Waals surface area contributed by atoms with Gasteiger partial charge >= 0.3 is 0 Å². The van der Waals surface area contributed by atoms with Crippen LogP contribution in [0.4, 0.5) is 5.82 Å². The van der Waals surface area contributed by atoms with Gasteiger partial charge in [-0.05, 0) is 31.5 Å². The number of nitrogens with one attached hydrogen (secondary N) is 1. The lowest BCUT2D eigenvalue weighted by atomic mass is 10.1. The number of anilines is 1. The molecule has 1 aliphatic rings. The summed E-state index contributed by atoms with van der Waals surface area (Å²) in [7, 11) is 0. The van der Waals surface area contributed by atoms with Crippen molar-refractivity contribution in [2.75, 3.05) is 4.90 Å². The fourth-order valence-electron chi connectivity index (χ4n) is 2.65. The van der Waals surface area contributed by atoms with Crippen LogP contribution in [-0.2, 0) is 17.9 Å². The van der Waals surface area contributed by atoms with E-state index in [1.54, 1.807) is 23.2 Å².